The summed E-state index contributed by atoms with van der Waals surface area (Å²) >= 11 is 0. The van der Waals surface area contributed by atoms with Crippen molar-refractivity contribution in [3.63, 3.8) is 0 Å². The quantitative estimate of drug-likeness (QED) is 0.169. The van der Waals surface area contributed by atoms with Crippen molar-refractivity contribution in [3.05, 3.63) is 217 Å². The van der Waals surface area contributed by atoms with Crippen LogP contribution in [0.2, 0.25) is 0 Å². The molecule has 0 unspecified atom stereocenters. The smallest absolute Gasteiger partial charge is 0.160 e. The Bertz CT molecular complexity index is 3220. The first kappa shape index (κ1) is 34.8. The van der Waals surface area contributed by atoms with Gasteiger partial charge < -0.3 is 0 Å². The molecule has 0 saturated carbocycles. The average molecular weight is 753 g/mol. The Labute approximate surface area is 345 Å². The third kappa shape index (κ3) is 5.87. The average Bonchev–Trinajstić information content (AvgIpc) is 3.54. The van der Waals surface area contributed by atoms with Crippen LogP contribution in [0.1, 0.15) is 25.0 Å². The van der Waals surface area contributed by atoms with Crippen LogP contribution in [0.4, 0.5) is 0 Å². The molecule has 11 rings (SSSR count). The van der Waals surface area contributed by atoms with Gasteiger partial charge in [-0.25, -0.2) is 9.97 Å². The summed E-state index contributed by atoms with van der Waals surface area (Å²) in [5, 5.41) is 4.96. The Morgan fingerprint density at radius 3 is 1.59 bits per heavy atom. The maximum absolute atomic E-state index is 5.32. The minimum absolute atomic E-state index is 0.121. The molecule has 2 nitrogen and oxygen atoms in total. The van der Waals surface area contributed by atoms with E-state index >= 15 is 0 Å². The lowest BCUT2D eigenvalue weighted by atomic mass is 9.81. The summed E-state index contributed by atoms with van der Waals surface area (Å²) < 4.78 is 0. The Morgan fingerprint density at radius 1 is 0.322 bits per heavy atom. The number of nitrogens with zero attached hydrogens (tertiary/aromatic N) is 2. The first-order chi connectivity index (χ1) is 29.0. The zero-order valence-electron chi connectivity index (χ0n) is 33.0. The van der Waals surface area contributed by atoms with Crippen LogP contribution in [0.15, 0.2) is 206 Å². The van der Waals surface area contributed by atoms with Crippen LogP contribution < -0.4 is 0 Å². The summed E-state index contributed by atoms with van der Waals surface area (Å²) in [4.78, 5) is 10.6. The summed E-state index contributed by atoms with van der Waals surface area (Å²) in [7, 11) is 0. The zero-order chi connectivity index (χ0) is 39.5. The van der Waals surface area contributed by atoms with Crippen LogP contribution in [-0.4, -0.2) is 9.97 Å². The summed E-state index contributed by atoms with van der Waals surface area (Å²) in [5.74, 6) is 0.699. The van der Waals surface area contributed by atoms with E-state index in [0.717, 1.165) is 44.6 Å². The standard InChI is InChI=1S/C57H40N2/c1-57(2)51-33-28-39-20-12-13-23-44(39)55(51)49-30-27-42(35-52(49)57)43-31-32-47(46-25-15-14-24-45(43)46)53-36-54(59-56(58-53)40-21-10-5-11-22-40)48-29-26-41(37-16-6-3-7-17-37)34-50(48)38-18-8-4-9-19-38/h3-36H,1-2H3. The van der Waals surface area contributed by atoms with Crippen molar-refractivity contribution < 1.29 is 0 Å². The molecule has 59 heavy (non-hydrogen) atoms. The molecular weight excluding hydrogens is 713 g/mol. The van der Waals surface area contributed by atoms with Crippen LogP contribution >= 0.6 is 0 Å². The molecule has 0 aliphatic heterocycles. The van der Waals surface area contributed by atoms with Crippen LogP contribution in [0.5, 0.6) is 0 Å². The predicted molar refractivity (Wildman–Crippen MR) is 247 cm³/mol. The van der Waals surface area contributed by atoms with Gasteiger partial charge in [-0.2, -0.15) is 0 Å². The fraction of sp³-hybridized carbons (Fsp3) is 0.0526. The Balaban J connectivity index is 1.08. The number of hydrogen-bond donors (Lipinski definition) is 0. The summed E-state index contributed by atoms with van der Waals surface area (Å²) in [6, 6.07) is 74.3. The lowest BCUT2D eigenvalue weighted by molar-refractivity contribution is 0.661. The predicted octanol–water partition coefficient (Wildman–Crippen LogP) is 15.1. The molecule has 1 aliphatic rings. The van der Waals surface area contributed by atoms with Crippen molar-refractivity contribution in [2.75, 3.05) is 0 Å². The first-order valence-electron chi connectivity index (χ1n) is 20.4. The van der Waals surface area contributed by atoms with Gasteiger partial charge in [-0.3, -0.25) is 0 Å². The van der Waals surface area contributed by atoms with E-state index in [9.17, 15) is 0 Å². The molecule has 1 heterocycles. The summed E-state index contributed by atoms with van der Waals surface area (Å²) in [6.07, 6.45) is 0. The molecule has 0 saturated heterocycles. The second-order valence-electron chi connectivity index (χ2n) is 16.1. The highest BCUT2D eigenvalue weighted by Crippen LogP contribution is 2.52. The lowest BCUT2D eigenvalue weighted by Crippen LogP contribution is -2.15. The van der Waals surface area contributed by atoms with Crippen LogP contribution in [0.25, 0.3) is 100.0 Å². The fourth-order valence-electron chi connectivity index (χ4n) is 9.32. The van der Waals surface area contributed by atoms with E-state index in [1.54, 1.807) is 0 Å². The van der Waals surface area contributed by atoms with Crippen molar-refractivity contribution in [1.29, 1.82) is 0 Å². The number of benzene rings is 9. The Morgan fingerprint density at radius 2 is 0.864 bits per heavy atom. The van der Waals surface area contributed by atoms with Gasteiger partial charge in [0.1, 0.15) is 0 Å². The summed E-state index contributed by atoms with van der Waals surface area (Å²) in [5.41, 5.74) is 17.3. The molecule has 2 heteroatoms. The third-order valence-electron chi connectivity index (χ3n) is 12.3. The minimum Gasteiger partial charge on any atom is -0.228 e. The van der Waals surface area contributed by atoms with Gasteiger partial charge in [0.2, 0.25) is 0 Å². The van der Waals surface area contributed by atoms with Gasteiger partial charge in [-0.05, 0) is 95.4 Å². The second kappa shape index (κ2) is 13.9. The molecule has 0 amide bonds. The number of fused-ring (bicyclic) bond motifs is 6. The highest BCUT2D eigenvalue weighted by molar-refractivity contribution is 6.07. The van der Waals surface area contributed by atoms with Gasteiger partial charge in [-0.1, -0.05) is 202 Å². The lowest BCUT2D eigenvalue weighted by Gasteiger charge is -2.22. The third-order valence-corrected chi connectivity index (χ3v) is 12.3. The van der Waals surface area contributed by atoms with E-state index in [0.29, 0.717) is 5.82 Å². The van der Waals surface area contributed by atoms with Gasteiger partial charge in [0.25, 0.3) is 0 Å². The molecule has 0 bridgehead atoms. The van der Waals surface area contributed by atoms with Crippen LogP contribution in [-0.2, 0) is 5.41 Å². The molecule has 0 radical (unpaired) electrons. The van der Waals surface area contributed by atoms with Crippen LogP contribution in [0, 0.1) is 0 Å². The largest absolute Gasteiger partial charge is 0.228 e. The normalized spacial score (nSPS) is 12.7. The molecule has 1 aromatic heterocycles. The Hall–Kier alpha value is -7.42. The monoisotopic (exact) mass is 752 g/mol. The maximum Gasteiger partial charge on any atom is 0.160 e. The van der Waals surface area contributed by atoms with Crippen molar-refractivity contribution in [2.24, 2.45) is 0 Å². The van der Waals surface area contributed by atoms with Gasteiger partial charge in [-0.15, -0.1) is 0 Å². The fourth-order valence-corrected chi connectivity index (χ4v) is 9.32. The number of aromatic nitrogens is 2. The first-order valence-corrected chi connectivity index (χ1v) is 20.4. The van der Waals surface area contributed by atoms with E-state index in [1.807, 2.05) is 6.07 Å². The van der Waals surface area contributed by atoms with Gasteiger partial charge in [0.05, 0.1) is 11.4 Å². The van der Waals surface area contributed by atoms with E-state index in [1.165, 1.54) is 60.7 Å². The maximum atomic E-state index is 5.32. The van der Waals surface area contributed by atoms with Crippen molar-refractivity contribution >= 4 is 21.5 Å². The molecule has 9 aromatic carbocycles. The van der Waals surface area contributed by atoms with E-state index < -0.39 is 0 Å². The van der Waals surface area contributed by atoms with Gasteiger partial charge in [0.15, 0.2) is 5.82 Å². The molecule has 1 aliphatic carbocycles. The molecule has 0 N–H and O–H groups in total. The van der Waals surface area contributed by atoms with Gasteiger partial charge >= 0.3 is 0 Å². The molecule has 278 valence electrons. The topological polar surface area (TPSA) is 25.8 Å². The highest BCUT2D eigenvalue weighted by atomic mass is 14.9. The Kier molecular flexibility index (Phi) is 8.20. The number of hydrogen-bond acceptors (Lipinski definition) is 2. The van der Waals surface area contributed by atoms with Gasteiger partial charge in [0, 0.05) is 22.1 Å². The van der Waals surface area contributed by atoms with E-state index in [4.69, 9.17) is 9.97 Å². The van der Waals surface area contributed by atoms with Crippen molar-refractivity contribution in [1.82, 2.24) is 9.97 Å². The van der Waals surface area contributed by atoms with Crippen molar-refractivity contribution in [3.8, 4) is 78.4 Å². The summed E-state index contributed by atoms with van der Waals surface area (Å²) in [6.45, 7) is 4.74. The van der Waals surface area contributed by atoms with Crippen molar-refractivity contribution in [2.45, 2.75) is 19.3 Å². The van der Waals surface area contributed by atoms with E-state index in [2.05, 4.69) is 214 Å². The number of rotatable bonds is 6. The minimum atomic E-state index is -0.121. The molecule has 10 aromatic rings. The molecule has 0 atom stereocenters. The molecule has 0 fully saturated rings. The zero-order valence-corrected chi connectivity index (χ0v) is 33.0. The van der Waals surface area contributed by atoms with E-state index in [-0.39, 0.29) is 5.41 Å². The molecular formula is C57H40N2. The molecule has 0 spiro atoms. The SMILES string of the molecule is CC1(C)c2cc(-c3ccc(-c4cc(-c5ccc(-c6ccccc6)cc5-c5ccccc5)nc(-c5ccccc5)n4)c4ccccc34)ccc2-c2c1ccc1ccccc21. The second-order valence-corrected chi connectivity index (χ2v) is 16.1. The van der Waals surface area contributed by atoms with Crippen LogP contribution in [0.3, 0.4) is 0 Å². The highest BCUT2D eigenvalue weighted by Gasteiger charge is 2.36.